The molecule has 1 aromatic carbocycles. The minimum Gasteiger partial charge on any atom is -1.00 e. The molecule has 1 aliphatic rings. The van der Waals surface area contributed by atoms with Crippen LogP contribution in [-0.4, -0.2) is 95.4 Å². The van der Waals surface area contributed by atoms with Gasteiger partial charge in [-0.3, -0.25) is 4.79 Å². The Kier molecular flexibility index (Phi) is 16.6. The van der Waals surface area contributed by atoms with Crippen LogP contribution in [0.3, 0.4) is 0 Å². The number of allylic oxidation sites excluding steroid dienone is 2. The third-order valence-corrected chi connectivity index (χ3v) is 7.68. The Morgan fingerprint density at radius 3 is 2.44 bits per heavy atom. The summed E-state index contributed by atoms with van der Waals surface area (Å²) in [7, 11) is 2.91. The Bertz CT molecular complexity index is 1240. The normalized spacial score (nSPS) is 28.8. The number of anilines is 1. The molecule has 0 aromatic heterocycles. The number of methoxy groups -OCH3 is 2. The van der Waals surface area contributed by atoms with Crippen molar-refractivity contribution in [1.29, 1.82) is 0 Å². The first-order valence-corrected chi connectivity index (χ1v) is 14.5. The monoisotopic (exact) mass is 657 g/mol. The van der Waals surface area contributed by atoms with Crippen molar-refractivity contribution in [3.8, 4) is 11.5 Å². The molecule has 1 aromatic rings. The van der Waals surface area contributed by atoms with Gasteiger partial charge in [0.25, 0.3) is 5.91 Å². The van der Waals surface area contributed by atoms with E-state index in [2.05, 4.69) is 5.32 Å². The van der Waals surface area contributed by atoms with E-state index < -0.39 is 55.0 Å². The number of hydrogen-bond donors (Lipinski definition) is 8. The minimum absolute atomic E-state index is 0. The van der Waals surface area contributed by atoms with Gasteiger partial charge < -0.3 is 68.5 Å². The number of nitrogens with two attached hydrogens (primary N) is 2. The number of carbonyl (C=O) groups is 2. The zero-order valence-corrected chi connectivity index (χ0v) is 27.3. The first-order chi connectivity index (χ1) is 20.7. The van der Waals surface area contributed by atoms with Crippen LogP contribution < -0.4 is 28.8 Å². The maximum atomic E-state index is 13.0. The molecule has 13 nitrogen and oxygen atoms in total. The molecule has 14 heteroatoms. The fourth-order valence-electron chi connectivity index (χ4n) is 5.19. The summed E-state index contributed by atoms with van der Waals surface area (Å²) in [5, 5.41) is 56.8. The fraction of sp³-hybridized carbons (Fsp3) is 0.548. The largest absolute Gasteiger partial charge is 1.00 e. The van der Waals surface area contributed by atoms with Crippen molar-refractivity contribution in [2.45, 2.75) is 71.1 Å². The topological polar surface area (TPSA) is 218 Å². The second-order valence-corrected chi connectivity index (χ2v) is 11.3. The van der Waals surface area contributed by atoms with Crippen molar-refractivity contribution in [2.24, 2.45) is 17.6 Å². The van der Waals surface area contributed by atoms with E-state index in [1.165, 1.54) is 31.7 Å². The van der Waals surface area contributed by atoms with Gasteiger partial charge in [-0.25, -0.2) is 4.79 Å². The van der Waals surface area contributed by atoms with E-state index >= 15 is 0 Å². The Labute approximate surface area is 270 Å². The van der Waals surface area contributed by atoms with E-state index in [0.29, 0.717) is 17.6 Å². The first-order valence-electron chi connectivity index (χ1n) is 14.5. The summed E-state index contributed by atoms with van der Waals surface area (Å²) in [4.78, 5) is 24.8. The predicted octanol–water partition coefficient (Wildman–Crippen LogP) is -1.89. The highest BCUT2D eigenvalue weighted by Crippen LogP contribution is 2.40. The molecule has 0 radical (unpaired) electrons. The molecule has 0 unspecified atom stereocenters. The second-order valence-electron chi connectivity index (χ2n) is 11.3. The zero-order chi connectivity index (χ0) is 33.1. The minimum atomic E-state index is -1.07. The number of aromatic hydroxyl groups is 2. The number of ether oxygens (including phenoxy) is 3. The standard InChI is InChI=1S/C31H47N3O10.ClH/c1-16-10-21-26(33-14-20(36)15-35)23(37)13-22(28(21)39)34-30(40)17(2)8-7-9-24(42-5)29(44-31(32)41)19(4)12-18(3)27(38)25(11-16)43-6;/h7-9,12-13,16,18,20,24-25,27,29,33,35-39H,10-11,14-15H2,1-6H3,(H2,32,41)(H,34,40);1H/b9-7-,17-8+,19-12+;/t16-,18+,20+,24+,25+,27-,29+;/m1./s1. The van der Waals surface area contributed by atoms with Crippen molar-refractivity contribution < 1.29 is 67.1 Å². The van der Waals surface area contributed by atoms with Crippen LogP contribution in [0.25, 0.3) is 0 Å². The van der Waals surface area contributed by atoms with Crippen LogP contribution in [0.2, 0.25) is 0 Å². The summed E-state index contributed by atoms with van der Waals surface area (Å²) < 4.78 is 16.6. The van der Waals surface area contributed by atoms with Crippen LogP contribution in [0.5, 0.6) is 11.5 Å². The first kappa shape index (κ1) is 39.9. The van der Waals surface area contributed by atoms with Crippen LogP contribution in [-0.2, 0) is 25.4 Å². The summed E-state index contributed by atoms with van der Waals surface area (Å²) >= 11 is 0. The molecule has 2 bridgehead atoms. The maximum Gasteiger partial charge on any atom is 0.405 e. The SMILES string of the molecule is CO[C@H]1/C=C\C=C(/C)C(=O)Nc2cc(O)c([NH2+]C[C@H](O)CO)c(c2O)C[C@@H](C)C[C@H](OC)[C@H](O)[C@@H](C)/C=C(\C)[C@@H]1OC(N)=O.[Cl-]. The Balaban J connectivity index is 0.0000101. The van der Waals surface area contributed by atoms with Crippen molar-refractivity contribution >= 4 is 23.4 Å². The Morgan fingerprint density at radius 2 is 1.87 bits per heavy atom. The van der Waals surface area contributed by atoms with Gasteiger partial charge in [0.05, 0.1) is 30.1 Å². The van der Waals surface area contributed by atoms with Crippen molar-refractivity contribution in [2.75, 3.05) is 32.7 Å². The summed E-state index contributed by atoms with van der Waals surface area (Å²) in [6.07, 6.45) is 1.54. The average Bonchev–Trinajstić information content (AvgIpc) is 2.97. The lowest BCUT2D eigenvalue weighted by molar-refractivity contribution is -0.581. The molecule has 0 fully saturated rings. The molecule has 2 amide bonds. The molecule has 0 saturated heterocycles. The lowest BCUT2D eigenvalue weighted by Gasteiger charge is -2.29. The molecule has 10 N–H and O–H groups in total. The van der Waals surface area contributed by atoms with Gasteiger partial charge >= 0.3 is 6.09 Å². The molecule has 1 aliphatic heterocycles. The van der Waals surface area contributed by atoms with Gasteiger partial charge in [-0.15, -0.1) is 0 Å². The number of aliphatic hydroxyl groups excluding tert-OH is 3. The highest BCUT2D eigenvalue weighted by Gasteiger charge is 2.31. The average molecular weight is 658 g/mol. The molecule has 0 aliphatic carbocycles. The summed E-state index contributed by atoms with van der Waals surface area (Å²) in [5.41, 5.74) is 6.73. The van der Waals surface area contributed by atoms with Gasteiger partial charge in [0, 0.05) is 31.8 Å². The van der Waals surface area contributed by atoms with Gasteiger partial charge in [0.2, 0.25) is 0 Å². The van der Waals surface area contributed by atoms with Crippen LogP contribution in [0, 0.1) is 11.8 Å². The Morgan fingerprint density at radius 1 is 1.20 bits per heavy atom. The van der Waals surface area contributed by atoms with E-state index in [0.717, 1.165) is 0 Å². The van der Waals surface area contributed by atoms with Crippen molar-refractivity contribution in [1.82, 2.24) is 0 Å². The number of carbonyl (C=O) groups excluding carboxylic acids is 2. The van der Waals surface area contributed by atoms with Gasteiger partial charge in [-0.05, 0) is 38.2 Å². The lowest BCUT2D eigenvalue weighted by Crippen LogP contribution is -3.00. The van der Waals surface area contributed by atoms with Gasteiger partial charge in [-0.1, -0.05) is 38.2 Å². The quantitative estimate of drug-likeness (QED) is 0.0706. The number of quaternary nitrogens is 1. The molecular weight excluding hydrogens is 610 g/mol. The van der Waals surface area contributed by atoms with Gasteiger partial charge in [0.15, 0.2) is 17.5 Å². The maximum absolute atomic E-state index is 13.0. The van der Waals surface area contributed by atoms with Crippen LogP contribution in [0.4, 0.5) is 16.2 Å². The van der Waals surface area contributed by atoms with Crippen molar-refractivity contribution in [3.05, 3.63) is 47.1 Å². The third-order valence-electron chi connectivity index (χ3n) is 7.68. The predicted molar refractivity (Wildman–Crippen MR) is 163 cm³/mol. The molecule has 7 atom stereocenters. The third kappa shape index (κ3) is 11.3. The molecule has 2 rings (SSSR count). The van der Waals surface area contributed by atoms with E-state index in [1.807, 2.05) is 6.92 Å². The number of rotatable bonds is 7. The molecule has 0 saturated carbocycles. The number of benzene rings is 1. The second kappa shape index (κ2) is 18.7. The van der Waals surface area contributed by atoms with Crippen LogP contribution in [0.15, 0.2) is 41.5 Å². The van der Waals surface area contributed by atoms with Gasteiger partial charge in [0.1, 0.15) is 24.5 Å². The Hall–Kier alpha value is -3.17. The number of amides is 2. The molecule has 0 spiro atoms. The number of nitrogens with one attached hydrogen (secondary N) is 1. The summed E-state index contributed by atoms with van der Waals surface area (Å²) in [6, 6.07) is 1.22. The van der Waals surface area contributed by atoms with Gasteiger partial charge in [-0.2, -0.15) is 0 Å². The van der Waals surface area contributed by atoms with E-state index in [4.69, 9.17) is 19.9 Å². The smallest absolute Gasteiger partial charge is 0.405 e. The van der Waals surface area contributed by atoms with E-state index in [-0.39, 0.29) is 59.7 Å². The number of hydrogen-bond acceptors (Lipinski definition) is 10. The van der Waals surface area contributed by atoms with Crippen molar-refractivity contribution in [3.63, 3.8) is 0 Å². The fourth-order valence-corrected chi connectivity index (χ4v) is 5.19. The lowest BCUT2D eigenvalue weighted by atomic mass is 9.87. The highest BCUT2D eigenvalue weighted by molar-refractivity contribution is 6.04. The van der Waals surface area contributed by atoms with E-state index in [1.54, 1.807) is 39.0 Å². The zero-order valence-electron chi connectivity index (χ0n) is 26.6. The number of primary amides is 1. The summed E-state index contributed by atoms with van der Waals surface area (Å²) in [5.74, 6) is -1.72. The number of phenolic OH excluding ortho intramolecular Hbond substituents is 2. The highest BCUT2D eigenvalue weighted by atomic mass is 35.5. The molecular formula is C31H48ClN3O10. The number of halogens is 1. The summed E-state index contributed by atoms with van der Waals surface area (Å²) in [6.45, 7) is 6.49. The number of aliphatic hydroxyl groups is 3. The molecule has 45 heavy (non-hydrogen) atoms. The molecule has 1 heterocycles. The number of phenols is 2. The van der Waals surface area contributed by atoms with Crippen LogP contribution >= 0.6 is 0 Å². The van der Waals surface area contributed by atoms with E-state index in [9.17, 15) is 35.1 Å². The number of fused-ring (bicyclic) bond motifs is 2. The van der Waals surface area contributed by atoms with Crippen LogP contribution in [0.1, 0.15) is 39.7 Å². The molecule has 254 valence electrons.